The van der Waals surface area contributed by atoms with Gasteiger partial charge in [0.1, 0.15) is 0 Å². The molecule has 2 aromatic carbocycles. The smallest absolute Gasteiger partial charge is 0.0864 e. The summed E-state index contributed by atoms with van der Waals surface area (Å²) in [5.74, 6) is 0.635. The molecule has 0 amide bonds. The van der Waals surface area contributed by atoms with Crippen molar-refractivity contribution in [1.82, 2.24) is 5.32 Å². The van der Waals surface area contributed by atoms with E-state index in [2.05, 4.69) is 46.0 Å². The van der Waals surface area contributed by atoms with Crippen LogP contribution in [0.15, 0.2) is 47.5 Å². The highest BCUT2D eigenvalue weighted by Crippen LogP contribution is 2.36. The van der Waals surface area contributed by atoms with Gasteiger partial charge in [0.2, 0.25) is 0 Å². The highest BCUT2D eigenvalue weighted by molar-refractivity contribution is 5.96. The summed E-state index contributed by atoms with van der Waals surface area (Å²) in [5, 5.41) is 6.98. The van der Waals surface area contributed by atoms with E-state index in [4.69, 9.17) is 0 Å². The van der Waals surface area contributed by atoms with E-state index in [-0.39, 0.29) is 0 Å². The minimum Gasteiger partial charge on any atom is -0.353 e. The van der Waals surface area contributed by atoms with Crippen molar-refractivity contribution in [2.75, 3.05) is 18.4 Å². The van der Waals surface area contributed by atoms with Crippen LogP contribution in [-0.2, 0) is 0 Å². The fraction of sp³-hybridized carbons (Fsp3) is 0.278. The number of benzene rings is 2. The van der Waals surface area contributed by atoms with Crippen molar-refractivity contribution in [2.24, 2.45) is 4.99 Å². The van der Waals surface area contributed by atoms with E-state index in [1.807, 2.05) is 18.3 Å². The number of hydrogen-bond donors (Lipinski definition) is 2. The Morgan fingerprint density at radius 1 is 0.905 bits per heavy atom. The van der Waals surface area contributed by atoms with E-state index in [1.165, 1.54) is 29.7 Å². The molecule has 1 saturated heterocycles. The summed E-state index contributed by atoms with van der Waals surface area (Å²) in [5.41, 5.74) is 5.93. The van der Waals surface area contributed by atoms with Crippen LogP contribution in [0.3, 0.4) is 0 Å². The highest BCUT2D eigenvalue weighted by Gasteiger charge is 2.20. The third-order valence-corrected chi connectivity index (χ3v) is 4.42. The van der Waals surface area contributed by atoms with Crippen LogP contribution in [0.4, 0.5) is 17.1 Å². The lowest BCUT2D eigenvalue weighted by molar-refractivity contribution is 0.460. The monoisotopic (exact) mass is 277 g/mol. The van der Waals surface area contributed by atoms with Crippen LogP contribution in [-0.4, -0.2) is 19.3 Å². The van der Waals surface area contributed by atoms with E-state index >= 15 is 0 Å². The summed E-state index contributed by atoms with van der Waals surface area (Å²) in [6.07, 6.45) is 4.44. The van der Waals surface area contributed by atoms with Gasteiger partial charge in [-0.2, -0.15) is 0 Å². The van der Waals surface area contributed by atoms with Crippen LogP contribution >= 0.6 is 0 Å². The molecule has 2 N–H and O–H groups in total. The molecule has 0 unspecified atom stereocenters. The van der Waals surface area contributed by atoms with Gasteiger partial charge in [0.25, 0.3) is 0 Å². The Balaban J connectivity index is 1.78. The maximum atomic E-state index is 4.68. The molecule has 0 aromatic heterocycles. The fourth-order valence-electron chi connectivity index (χ4n) is 3.30. The first-order valence-corrected chi connectivity index (χ1v) is 7.65. The number of rotatable bonds is 1. The van der Waals surface area contributed by atoms with Crippen molar-refractivity contribution in [3.8, 4) is 0 Å². The molecule has 0 radical (unpaired) electrons. The van der Waals surface area contributed by atoms with Gasteiger partial charge >= 0.3 is 0 Å². The molecular formula is C18H19N3. The van der Waals surface area contributed by atoms with Crippen LogP contribution in [0.2, 0.25) is 0 Å². The van der Waals surface area contributed by atoms with Gasteiger partial charge in [-0.25, -0.2) is 0 Å². The van der Waals surface area contributed by atoms with Crippen molar-refractivity contribution in [3.63, 3.8) is 0 Å². The molecule has 0 atom stereocenters. The molecule has 3 heteroatoms. The Morgan fingerprint density at radius 3 is 2.62 bits per heavy atom. The van der Waals surface area contributed by atoms with Crippen molar-refractivity contribution in [1.29, 1.82) is 0 Å². The number of para-hydroxylation sites is 2. The number of aliphatic imine (C=N–C) groups is 1. The number of hydrogen-bond acceptors (Lipinski definition) is 3. The fourth-order valence-corrected chi connectivity index (χ4v) is 3.30. The molecule has 2 aliphatic rings. The average Bonchev–Trinajstić information content (AvgIpc) is 2.74. The average molecular weight is 277 g/mol. The zero-order valence-corrected chi connectivity index (χ0v) is 12.0. The minimum atomic E-state index is 0.635. The van der Waals surface area contributed by atoms with E-state index in [0.717, 1.165) is 24.5 Å². The van der Waals surface area contributed by atoms with Crippen molar-refractivity contribution in [2.45, 2.75) is 18.8 Å². The first-order chi connectivity index (χ1) is 10.4. The topological polar surface area (TPSA) is 36.4 Å². The van der Waals surface area contributed by atoms with Crippen LogP contribution in [0.1, 0.15) is 29.9 Å². The van der Waals surface area contributed by atoms with E-state index in [1.54, 1.807) is 0 Å². The Hall–Kier alpha value is -2.13. The quantitative estimate of drug-likeness (QED) is 0.706. The first-order valence-electron chi connectivity index (χ1n) is 7.65. The number of nitrogens with one attached hydrogen (secondary N) is 2. The maximum Gasteiger partial charge on any atom is 0.0864 e. The Bertz CT molecular complexity index is 685. The zero-order valence-electron chi connectivity index (χ0n) is 12.0. The van der Waals surface area contributed by atoms with E-state index in [9.17, 15) is 0 Å². The number of fused-ring (bicyclic) bond motifs is 2. The standard InChI is InChI=1S/C18H19N3/c1-2-6-18-17(5-1)20-12-15-14(4-3-7-16(15)21-18)13-8-10-19-11-9-13/h1-7,12-13,19,21H,8-11H2. The van der Waals surface area contributed by atoms with E-state index < -0.39 is 0 Å². The molecular weight excluding hydrogens is 258 g/mol. The number of nitrogens with zero attached hydrogens (tertiary/aromatic N) is 1. The van der Waals surface area contributed by atoms with Gasteiger partial charge in [0, 0.05) is 17.5 Å². The Kier molecular flexibility index (Phi) is 3.20. The van der Waals surface area contributed by atoms with Gasteiger partial charge < -0.3 is 10.6 Å². The predicted molar refractivity (Wildman–Crippen MR) is 88.3 cm³/mol. The maximum absolute atomic E-state index is 4.68. The molecule has 0 spiro atoms. The van der Waals surface area contributed by atoms with Crippen molar-refractivity contribution >= 4 is 23.3 Å². The van der Waals surface area contributed by atoms with Gasteiger partial charge in [-0.1, -0.05) is 24.3 Å². The van der Waals surface area contributed by atoms with Gasteiger partial charge in [0.15, 0.2) is 0 Å². The molecule has 1 fully saturated rings. The lowest BCUT2D eigenvalue weighted by atomic mass is 9.87. The Morgan fingerprint density at radius 2 is 1.71 bits per heavy atom. The van der Waals surface area contributed by atoms with Crippen LogP contribution in [0.5, 0.6) is 0 Å². The van der Waals surface area contributed by atoms with Gasteiger partial charge in [-0.3, -0.25) is 4.99 Å². The van der Waals surface area contributed by atoms with E-state index in [0.29, 0.717) is 5.92 Å². The molecule has 4 rings (SSSR count). The zero-order chi connectivity index (χ0) is 14.1. The Labute approximate surface area is 125 Å². The second-order valence-electron chi connectivity index (χ2n) is 5.73. The molecule has 2 aliphatic heterocycles. The lowest BCUT2D eigenvalue weighted by Crippen LogP contribution is -2.27. The molecule has 0 bridgehead atoms. The van der Waals surface area contributed by atoms with Crippen LogP contribution < -0.4 is 10.6 Å². The van der Waals surface area contributed by atoms with Gasteiger partial charge in [-0.15, -0.1) is 0 Å². The molecule has 3 nitrogen and oxygen atoms in total. The molecule has 2 aromatic rings. The summed E-state index contributed by atoms with van der Waals surface area (Å²) in [6.45, 7) is 2.22. The highest BCUT2D eigenvalue weighted by atomic mass is 14.9. The summed E-state index contributed by atoms with van der Waals surface area (Å²) in [6, 6.07) is 14.8. The number of anilines is 2. The molecule has 21 heavy (non-hydrogen) atoms. The minimum absolute atomic E-state index is 0.635. The summed E-state index contributed by atoms with van der Waals surface area (Å²) in [4.78, 5) is 4.68. The van der Waals surface area contributed by atoms with Crippen LogP contribution in [0, 0.1) is 0 Å². The third kappa shape index (κ3) is 2.34. The molecule has 2 heterocycles. The number of piperidine rings is 1. The third-order valence-electron chi connectivity index (χ3n) is 4.42. The van der Waals surface area contributed by atoms with Crippen LogP contribution in [0.25, 0.3) is 0 Å². The second-order valence-corrected chi connectivity index (χ2v) is 5.73. The molecule has 106 valence electrons. The first kappa shape index (κ1) is 12.6. The SMILES string of the molecule is C1=Nc2ccccc2Nc2cccc(C3CCNCC3)c21. The van der Waals surface area contributed by atoms with Crippen molar-refractivity contribution < 1.29 is 0 Å². The summed E-state index contributed by atoms with van der Waals surface area (Å²) >= 11 is 0. The lowest BCUT2D eigenvalue weighted by Gasteiger charge is -2.25. The largest absolute Gasteiger partial charge is 0.353 e. The molecule has 0 saturated carbocycles. The van der Waals surface area contributed by atoms with Gasteiger partial charge in [0.05, 0.1) is 11.4 Å². The second kappa shape index (κ2) is 5.34. The summed E-state index contributed by atoms with van der Waals surface area (Å²) in [7, 11) is 0. The predicted octanol–water partition coefficient (Wildman–Crippen LogP) is 3.96. The summed E-state index contributed by atoms with van der Waals surface area (Å²) < 4.78 is 0. The van der Waals surface area contributed by atoms with Gasteiger partial charge in [-0.05, 0) is 55.6 Å². The molecule has 0 aliphatic carbocycles. The normalized spacial score (nSPS) is 17.5. The van der Waals surface area contributed by atoms with Crippen molar-refractivity contribution in [3.05, 3.63) is 53.6 Å².